The molecule has 6 heteroatoms. The molecule has 0 unspecified atom stereocenters. The minimum Gasteiger partial charge on any atom is -0.381 e. The number of aryl methyl sites for hydroxylation is 1. The largest absolute Gasteiger partial charge is 0.381 e. The Kier molecular flexibility index (Phi) is 4.94. The van der Waals surface area contributed by atoms with Crippen molar-refractivity contribution in [1.29, 1.82) is 0 Å². The lowest BCUT2D eigenvalue weighted by molar-refractivity contribution is -0.121. The van der Waals surface area contributed by atoms with E-state index in [0.29, 0.717) is 25.5 Å². The van der Waals surface area contributed by atoms with E-state index >= 15 is 0 Å². The van der Waals surface area contributed by atoms with Gasteiger partial charge >= 0.3 is 0 Å². The van der Waals surface area contributed by atoms with E-state index in [1.54, 1.807) is 18.2 Å². The summed E-state index contributed by atoms with van der Waals surface area (Å²) >= 11 is 0. The maximum atomic E-state index is 13.6. The number of hydrogen-bond donors (Lipinski definition) is 1. The van der Waals surface area contributed by atoms with Gasteiger partial charge < -0.3 is 14.6 Å². The number of nitrogens with one attached hydrogen (secondary N) is 1. The number of halogens is 1. The molecule has 1 amide bonds. The first-order valence-electron chi connectivity index (χ1n) is 8.10. The topological polar surface area (TPSA) is 64.4 Å². The van der Waals surface area contributed by atoms with Crippen LogP contribution in [-0.2, 0) is 21.4 Å². The van der Waals surface area contributed by atoms with Gasteiger partial charge in [0.05, 0.1) is 12.1 Å². The fourth-order valence-corrected chi connectivity index (χ4v) is 3.14. The molecule has 3 rings (SSSR count). The predicted octanol–water partition coefficient (Wildman–Crippen LogP) is 2.53. The quantitative estimate of drug-likeness (QED) is 0.914. The first-order valence-corrected chi connectivity index (χ1v) is 8.10. The van der Waals surface area contributed by atoms with E-state index in [-0.39, 0.29) is 23.6 Å². The number of hydrogen-bond acceptors (Lipinski definition) is 4. The van der Waals surface area contributed by atoms with Crippen LogP contribution in [0.15, 0.2) is 34.9 Å². The standard InChI is InChI=1S/C18H21FN2O3/c1-13-9-16(24-21-13)11-17(22)20-12-18(5-7-23-8-6-18)14-3-2-4-15(19)10-14/h2-4,9-10H,5-8,11-12H2,1H3,(H,20,22). The van der Waals surface area contributed by atoms with Gasteiger partial charge in [0, 0.05) is 31.2 Å². The van der Waals surface area contributed by atoms with Crippen LogP contribution in [0.25, 0.3) is 0 Å². The van der Waals surface area contributed by atoms with Crippen molar-refractivity contribution in [1.82, 2.24) is 10.5 Å². The fraction of sp³-hybridized carbons (Fsp3) is 0.444. The Morgan fingerprint density at radius 3 is 2.79 bits per heavy atom. The maximum absolute atomic E-state index is 13.6. The summed E-state index contributed by atoms with van der Waals surface area (Å²) in [6.45, 7) is 3.47. The van der Waals surface area contributed by atoms with Gasteiger partial charge in [-0.15, -0.1) is 0 Å². The van der Waals surface area contributed by atoms with Gasteiger partial charge in [0.2, 0.25) is 5.91 Å². The third-order valence-electron chi connectivity index (χ3n) is 4.52. The third kappa shape index (κ3) is 3.82. The van der Waals surface area contributed by atoms with Crippen molar-refractivity contribution in [2.24, 2.45) is 0 Å². The SMILES string of the molecule is Cc1cc(CC(=O)NCC2(c3cccc(F)c3)CCOCC2)on1. The molecule has 1 saturated heterocycles. The van der Waals surface area contributed by atoms with Crippen molar-refractivity contribution in [2.45, 2.75) is 31.6 Å². The first kappa shape index (κ1) is 16.6. The van der Waals surface area contributed by atoms with Gasteiger partial charge in [-0.2, -0.15) is 0 Å². The number of carbonyl (C=O) groups excluding carboxylic acids is 1. The zero-order chi connectivity index (χ0) is 17.0. The molecule has 1 aliphatic heterocycles. The second-order valence-corrected chi connectivity index (χ2v) is 6.29. The van der Waals surface area contributed by atoms with Gasteiger partial charge in [-0.25, -0.2) is 4.39 Å². The lowest BCUT2D eigenvalue weighted by Crippen LogP contribution is -2.45. The molecule has 2 aromatic rings. The Bertz CT molecular complexity index is 708. The minimum atomic E-state index is -0.298. The van der Waals surface area contributed by atoms with Crippen LogP contribution in [0, 0.1) is 12.7 Å². The van der Waals surface area contributed by atoms with E-state index < -0.39 is 0 Å². The Morgan fingerprint density at radius 2 is 2.12 bits per heavy atom. The predicted molar refractivity (Wildman–Crippen MR) is 86.1 cm³/mol. The average molecular weight is 332 g/mol. The highest BCUT2D eigenvalue weighted by Gasteiger charge is 2.35. The van der Waals surface area contributed by atoms with Gasteiger partial charge in [0.1, 0.15) is 11.6 Å². The number of amides is 1. The van der Waals surface area contributed by atoms with Crippen LogP contribution in [0.5, 0.6) is 0 Å². The summed E-state index contributed by atoms with van der Waals surface area (Å²) in [5, 5.41) is 6.74. The van der Waals surface area contributed by atoms with Crippen molar-refractivity contribution in [3.05, 3.63) is 53.2 Å². The van der Waals surface area contributed by atoms with E-state index in [2.05, 4.69) is 10.5 Å². The fourth-order valence-electron chi connectivity index (χ4n) is 3.14. The molecule has 2 heterocycles. The molecule has 128 valence electrons. The summed E-state index contributed by atoms with van der Waals surface area (Å²) < 4.78 is 24.2. The Morgan fingerprint density at radius 1 is 1.33 bits per heavy atom. The average Bonchev–Trinajstić information content (AvgIpc) is 2.99. The third-order valence-corrected chi connectivity index (χ3v) is 4.52. The van der Waals surface area contributed by atoms with Crippen molar-refractivity contribution in [3.8, 4) is 0 Å². The summed E-state index contributed by atoms with van der Waals surface area (Å²) in [5.41, 5.74) is 1.35. The van der Waals surface area contributed by atoms with E-state index in [4.69, 9.17) is 9.26 Å². The molecule has 0 spiro atoms. The molecular weight excluding hydrogens is 311 g/mol. The Hall–Kier alpha value is -2.21. The zero-order valence-corrected chi connectivity index (χ0v) is 13.7. The highest BCUT2D eigenvalue weighted by Crippen LogP contribution is 2.34. The molecule has 5 nitrogen and oxygen atoms in total. The van der Waals surface area contributed by atoms with E-state index in [1.165, 1.54) is 6.07 Å². The summed E-state index contributed by atoms with van der Waals surface area (Å²) in [6, 6.07) is 8.36. The second-order valence-electron chi connectivity index (χ2n) is 6.29. The van der Waals surface area contributed by atoms with Crippen LogP contribution in [0.4, 0.5) is 4.39 Å². The molecule has 24 heavy (non-hydrogen) atoms. The molecule has 1 fully saturated rings. The van der Waals surface area contributed by atoms with Crippen LogP contribution in [-0.4, -0.2) is 30.8 Å². The smallest absolute Gasteiger partial charge is 0.227 e. The molecule has 0 saturated carbocycles. The van der Waals surface area contributed by atoms with E-state index in [0.717, 1.165) is 24.1 Å². The van der Waals surface area contributed by atoms with Crippen molar-refractivity contribution < 1.29 is 18.4 Å². The number of rotatable bonds is 5. The maximum Gasteiger partial charge on any atom is 0.227 e. The highest BCUT2D eigenvalue weighted by molar-refractivity contribution is 5.78. The van der Waals surface area contributed by atoms with Gasteiger partial charge in [-0.1, -0.05) is 17.3 Å². The molecule has 1 aromatic carbocycles. The van der Waals surface area contributed by atoms with Gasteiger partial charge in [0.25, 0.3) is 0 Å². The lowest BCUT2D eigenvalue weighted by Gasteiger charge is -2.38. The van der Waals surface area contributed by atoms with Crippen molar-refractivity contribution in [3.63, 3.8) is 0 Å². The van der Waals surface area contributed by atoms with Gasteiger partial charge in [-0.05, 0) is 37.5 Å². The monoisotopic (exact) mass is 332 g/mol. The van der Waals surface area contributed by atoms with Crippen LogP contribution >= 0.6 is 0 Å². The summed E-state index contributed by atoms with van der Waals surface area (Å²) in [7, 11) is 0. The molecular formula is C18H21FN2O3. The summed E-state index contributed by atoms with van der Waals surface area (Å²) in [5.74, 6) is 0.145. The summed E-state index contributed by atoms with van der Waals surface area (Å²) in [4.78, 5) is 12.2. The zero-order valence-electron chi connectivity index (χ0n) is 13.7. The van der Waals surface area contributed by atoms with E-state index in [1.807, 2.05) is 13.0 Å². The van der Waals surface area contributed by atoms with Crippen LogP contribution < -0.4 is 5.32 Å². The molecule has 1 N–H and O–H groups in total. The van der Waals surface area contributed by atoms with Gasteiger partial charge in [0.15, 0.2) is 0 Å². The minimum absolute atomic E-state index is 0.131. The lowest BCUT2D eigenvalue weighted by atomic mass is 9.74. The Balaban J connectivity index is 1.69. The molecule has 0 radical (unpaired) electrons. The molecule has 0 atom stereocenters. The number of carbonyl (C=O) groups is 1. The number of aromatic nitrogens is 1. The van der Waals surface area contributed by atoms with Crippen LogP contribution in [0.1, 0.15) is 29.9 Å². The second kappa shape index (κ2) is 7.13. The van der Waals surface area contributed by atoms with Crippen molar-refractivity contribution >= 4 is 5.91 Å². The number of ether oxygens (including phenoxy) is 1. The van der Waals surface area contributed by atoms with E-state index in [9.17, 15) is 9.18 Å². The molecule has 1 aliphatic rings. The Labute approximate surface area is 140 Å². The molecule has 0 aliphatic carbocycles. The summed E-state index contributed by atoms with van der Waals surface area (Å²) in [6.07, 6.45) is 1.65. The molecule has 0 bridgehead atoms. The highest BCUT2D eigenvalue weighted by atomic mass is 19.1. The first-order chi connectivity index (χ1) is 11.6. The normalized spacial score (nSPS) is 16.8. The van der Waals surface area contributed by atoms with Gasteiger partial charge in [-0.3, -0.25) is 4.79 Å². The number of benzene rings is 1. The molecule has 1 aromatic heterocycles. The number of nitrogens with zero attached hydrogens (tertiary/aromatic N) is 1. The van der Waals surface area contributed by atoms with Crippen molar-refractivity contribution in [2.75, 3.05) is 19.8 Å². The van der Waals surface area contributed by atoms with Crippen LogP contribution in [0.2, 0.25) is 0 Å². The van der Waals surface area contributed by atoms with Crippen LogP contribution in [0.3, 0.4) is 0 Å².